The van der Waals surface area contributed by atoms with Crippen LogP contribution in [0.2, 0.25) is 0 Å². The molecule has 0 fully saturated rings. The van der Waals surface area contributed by atoms with Crippen molar-refractivity contribution in [3.63, 3.8) is 0 Å². The van der Waals surface area contributed by atoms with Crippen molar-refractivity contribution in [1.29, 1.82) is 0 Å². The molecule has 0 amide bonds. The van der Waals surface area contributed by atoms with Gasteiger partial charge in [0.25, 0.3) is 5.56 Å². The molecule has 1 N–H and O–H groups in total. The predicted molar refractivity (Wildman–Crippen MR) is 88.6 cm³/mol. The zero-order valence-corrected chi connectivity index (χ0v) is 13.5. The third-order valence-electron chi connectivity index (χ3n) is 4.11. The van der Waals surface area contributed by atoms with Crippen molar-refractivity contribution < 1.29 is 0 Å². The largest absolute Gasteiger partial charge is 0.294 e. The van der Waals surface area contributed by atoms with Gasteiger partial charge in [0.2, 0.25) is 0 Å². The molecule has 114 valence electrons. The maximum atomic E-state index is 12.8. The van der Waals surface area contributed by atoms with Crippen LogP contribution in [0.25, 0.3) is 5.65 Å². The molecule has 0 aliphatic carbocycles. The van der Waals surface area contributed by atoms with Gasteiger partial charge in [-0.3, -0.25) is 9.89 Å². The minimum absolute atomic E-state index is 0.00125. The molecule has 4 heteroatoms. The van der Waals surface area contributed by atoms with E-state index >= 15 is 0 Å². The second-order valence-corrected chi connectivity index (χ2v) is 6.11. The molecular formula is C18H21N3O. The Bertz CT molecular complexity index is 873. The van der Waals surface area contributed by atoms with Crippen molar-refractivity contribution in [1.82, 2.24) is 14.6 Å². The lowest BCUT2D eigenvalue weighted by Gasteiger charge is -2.07. The Balaban J connectivity index is 2.20. The van der Waals surface area contributed by atoms with Gasteiger partial charge in [-0.2, -0.15) is 0 Å². The van der Waals surface area contributed by atoms with E-state index in [2.05, 4.69) is 18.9 Å². The first-order chi connectivity index (χ1) is 10.5. The summed E-state index contributed by atoms with van der Waals surface area (Å²) in [7, 11) is 0. The number of fused-ring (bicyclic) bond motifs is 1. The molecule has 0 saturated carbocycles. The standard InChI is InChI=1S/C18H21N3O/c1-11(2)16-13(4)20-21-17(16)19-12(3)15(18(21)22)10-14-8-6-5-7-9-14/h5-9,11,20H,10H2,1-4H3. The van der Waals surface area contributed by atoms with Crippen molar-refractivity contribution in [3.05, 3.63) is 68.8 Å². The van der Waals surface area contributed by atoms with Crippen LogP contribution in [0.15, 0.2) is 35.1 Å². The topological polar surface area (TPSA) is 50.2 Å². The van der Waals surface area contributed by atoms with Gasteiger partial charge in [0, 0.05) is 28.9 Å². The number of hydrogen-bond acceptors (Lipinski definition) is 2. The van der Waals surface area contributed by atoms with Gasteiger partial charge in [0.05, 0.1) is 0 Å². The normalized spacial score (nSPS) is 11.5. The average molecular weight is 295 g/mol. The number of benzene rings is 1. The van der Waals surface area contributed by atoms with Gasteiger partial charge >= 0.3 is 0 Å². The summed E-state index contributed by atoms with van der Waals surface area (Å²) in [5.74, 6) is 0.326. The van der Waals surface area contributed by atoms with E-state index < -0.39 is 0 Å². The van der Waals surface area contributed by atoms with Gasteiger partial charge in [-0.05, 0) is 25.3 Å². The Morgan fingerprint density at radius 1 is 1.18 bits per heavy atom. The fraction of sp³-hybridized carbons (Fsp3) is 0.333. The van der Waals surface area contributed by atoms with E-state index in [0.717, 1.165) is 33.7 Å². The first-order valence-corrected chi connectivity index (χ1v) is 7.63. The fourth-order valence-electron chi connectivity index (χ4n) is 3.04. The third kappa shape index (κ3) is 2.34. The average Bonchev–Trinajstić information content (AvgIpc) is 2.81. The number of H-pyrrole nitrogens is 1. The zero-order valence-electron chi connectivity index (χ0n) is 13.5. The number of nitrogens with zero attached hydrogens (tertiary/aromatic N) is 2. The lowest BCUT2D eigenvalue weighted by molar-refractivity contribution is 0.847. The SMILES string of the molecule is Cc1nc2c(C(C)C)c(C)[nH]n2c(=O)c1Cc1ccccc1. The number of aryl methyl sites for hydroxylation is 2. The van der Waals surface area contributed by atoms with E-state index in [1.165, 1.54) is 0 Å². The first-order valence-electron chi connectivity index (χ1n) is 7.63. The molecule has 0 radical (unpaired) electrons. The van der Waals surface area contributed by atoms with Crippen molar-refractivity contribution >= 4 is 5.65 Å². The van der Waals surface area contributed by atoms with E-state index in [0.29, 0.717) is 12.3 Å². The zero-order chi connectivity index (χ0) is 15.9. The van der Waals surface area contributed by atoms with Crippen LogP contribution >= 0.6 is 0 Å². The van der Waals surface area contributed by atoms with Crippen LogP contribution in [0.4, 0.5) is 0 Å². The Kier molecular flexibility index (Phi) is 3.61. The molecule has 0 bridgehead atoms. The summed E-state index contributed by atoms with van der Waals surface area (Å²) in [6, 6.07) is 10.0. The van der Waals surface area contributed by atoms with Crippen molar-refractivity contribution in [2.24, 2.45) is 0 Å². The molecular weight excluding hydrogens is 274 g/mol. The van der Waals surface area contributed by atoms with Crippen molar-refractivity contribution in [2.75, 3.05) is 0 Å². The Morgan fingerprint density at radius 2 is 1.86 bits per heavy atom. The Hall–Kier alpha value is -2.36. The molecule has 3 rings (SSSR count). The highest BCUT2D eigenvalue weighted by atomic mass is 16.1. The highest BCUT2D eigenvalue weighted by Gasteiger charge is 2.18. The molecule has 0 unspecified atom stereocenters. The van der Waals surface area contributed by atoms with E-state index in [9.17, 15) is 4.79 Å². The Morgan fingerprint density at radius 3 is 2.50 bits per heavy atom. The molecule has 1 aromatic carbocycles. The monoisotopic (exact) mass is 295 g/mol. The third-order valence-corrected chi connectivity index (χ3v) is 4.11. The Labute approximate surface area is 129 Å². The maximum Gasteiger partial charge on any atom is 0.276 e. The van der Waals surface area contributed by atoms with Crippen LogP contribution in [0.5, 0.6) is 0 Å². The second kappa shape index (κ2) is 5.44. The van der Waals surface area contributed by atoms with Gasteiger partial charge < -0.3 is 0 Å². The van der Waals surface area contributed by atoms with E-state index in [1.54, 1.807) is 4.52 Å². The maximum absolute atomic E-state index is 12.8. The van der Waals surface area contributed by atoms with Gasteiger partial charge in [0.1, 0.15) is 0 Å². The van der Waals surface area contributed by atoms with Gasteiger partial charge in [-0.25, -0.2) is 9.50 Å². The van der Waals surface area contributed by atoms with Crippen molar-refractivity contribution in [3.8, 4) is 0 Å². The van der Waals surface area contributed by atoms with Gasteiger partial charge in [-0.1, -0.05) is 44.2 Å². The lowest BCUT2D eigenvalue weighted by Crippen LogP contribution is -2.22. The molecule has 4 nitrogen and oxygen atoms in total. The smallest absolute Gasteiger partial charge is 0.276 e. The summed E-state index contributed by atoms with van der Waals surface area (Å²) >= 11 is 0. The summed E-state index contributed by atoms with van der Waals surface area (Å²) in [4.78, 5) is 17.5. The molecule has 0 spiro atoms. The molecule has 0 saturated heterocycles. The lowest BCUT2D eigenvalue weighted by atomic mass is 10.0. The van der Waals surface area contributed by atoms with Crippen LogP contribution in [0.1, 0.15) is 47.8 Å². The number of aromatic amines is 1. The number of nitrogens with one attached hydrogen (secondary N) is 1. The van der Waals surface area contributed by atoms with E-state index in [4.69, 9.17) is 4.98 Å². The highest BCUT2D eigenvalue weighted by molar-refractivity contribution is 5.53. The molecule has 0 aliphatic heterocycles. The first kappa shape index (κ1) is 14.6. The van der Waals surface area contributed by atoms with Crippen LogP contribution in [-0.4, -0.2) is 14.6 Å². The van der Waals surface area contributed by atoms with Crippen LogP contribution in [0, 0.1) is 13.8 Å². The molecule has 22 heavy (non-hydrogen) atoms. The number of aromatic nitrogens is 3. The van der Waals surface area contributed by atoms with Crippen molar-refractivity contribution in [2.45, 2.75) is 40.0 Å². The molecule has 3 aromatic rings. The summed E-state index contributed by atoms with van der Waals surface area (Å²) in [6.07, 6.45) is 0.608. The molecule has 2 aromatic heterocycles. The predicted octanol–water partition coefficient (Wildman–Crippen LogP) is 3.35. The minimum Gasteiger partial charge on any atom is -0.294 e. The summed E-state index contributed by atoms with van der Waals surface area (Å²) < 4.78 is 1.59. The van der Waals surface area contributed by atoms with Crippen LogP contribution in [-0.2, 0) is 6.42 Å². The molecule has 0 atom stereocenters. The van der Waals surface area contributed by atoms with Crippen LogP contribution < -0.4 is 5.56 Å². The fourth-order valence-corrected chi connectivity index (χ4v) is 3.04. The number of rotatable bonds is 3. The second-order valence-electron chi connectivity index (χ2n) is 6.11. The molecule has 2 heterocycles. The summed E-state index contributed by atoms with van der Waals surface area (Å²) in [5.41, 5.74) is 5.57. The highest BCUT2D eigenvalue weighted by Crippen LogP contribution is 2.22. The quantitative estimate of drug-likeness (QED) is 0.805. The molecule has 0 aliphatic rings. The van der Waals surface area contributed by atoms with E-state index in [-0.39, 0.29) is 5.56 Å². The minimum atomic E-state index is 0.00125. The van der Waals surface area contributed by atoms with Crippen LogP contribution in [0.3, 0.4) is 0 Å². The summed E-state index contributed by atoms with van der Waals surface area (Å²) in [6.45, 7) is 8.16. The summed E-state index contributed by atoms with van der Waals surface area (Å²) in [5, 5.41) is 3.17. The van der Waals surface area contributed by atoms with Gasteiger partial charge in [0.15, 0.2) is 5.65 Å². The van der Waals surface area contributed by atoms with Gasteiger partial charge in [-0.15, -0.1) is 0 Å². The van der Waals surface area contributed by atoms with E-state index in [1.807, 2.05) is 44.2 Å². The number of hydrogen-bond donors (Lipinski definition) is 1.